The summed E-state index contributed by atoms with van der Waals surface area (Å²) >= 11 is 0. The van der Waals surface area contributed by atoms with Crippen molar-refractivity contribution in [3.05, 3.63) is 70.7 Å². The Balaban J connectivity index is 1.32. The molecule has 1 aromatic heterocycles. The van der Waals surface area contributed by atoms with Crippen molar-refractivity contribution >= 4 is 17.0 Å². The van der Waals surface area contributed by atoms with E-state index in [1.807, 2.05) is 29.2 Å². The lowest BCUT2D eigenvalue weighted by atomic mass is 9.80. The van der Waals surface area contributed by atoms with Crippen LogP contribution in [0.1, 0.15) is 5.56 Å². The van der Waals surface area contributed by atoms with E-state index in [4.69, 9.17) is 4.42 Å². The highest BCUT2D eigenvalue weighted by molar-refractivity contribution is 5.80. The van der Waals surface area contributed by atoms with E-state index in [0.29, 0.717) is 17.0 Å². The van der Waals surface area contributed by atoms with E-state index in [-0.39, 0.29) is 17.9 Å². The largest absolute Gasteiger partial charge is 0.420 e. The molecule has 3 aromatic rings. The summed E-state index contributed by atoms with van der Waals surface area (Å²) in [6.45, 7) is 5.34. The number of benzene rings is 2. The lowest BCUT2D eigenvalue weighted by Crippen LogP contribution is -2.43. The normalized spacial score (nSPS) is 23.3. The van der Waals surface area contributed by atoms with Crippen LogP contribution >= 0.6 is 0 Å². The molecule has 0 spiro atoms. The minimum absolute atomic E-state index is 0.0132. The number of amides is 1. The average Bonchev–Trinajstić information content (AvgIpc) is 3.36. The third-order valence-electron chi connectivity index (χ3n) is 6.93. The second kappa shape index (κ2) is 8.22. The van der Waals surface area contributed by atoms with Crippen molar-refractivity contribution in [2.75, 3.05) is 46.8 Å². The van der Waals surface area contributed by atoms with Gasteiger partial charge in [-0.25, -0.2) is 4.79 Å². The zero-order valence-corrected chi connectivity index (χ0v) is 18.7. The van der Waals surface area contributed by atoms with Gasteiger partial charge in [0.15, 0.2) is 5.58 Å². The number of nitrogens with zero attached hydrogens (tertiary/aromatic N) is 4. The van der Waals surface area contributed by atoms with Crippen molar-refractivity contribution in [1.82, 2.24) is 19.3 Å². The number of aromatic nitrogens is 1. The van der Waals surface area contributed by atoms with Gasteiger partial charge in [0, 0.05) is 44.7 Å². The van der Waals surface area contributed by atoms with Gasteiger partial charge in [0.25, 0.3) is 0 Å². The van der Waals surface area contributed by atoms with Crippen molar-refractivity contribution in [1.29, 1.82) is 0 Å². The van der Waals surface area contributed by atoms with E-state index < -0.39 is 5.76 Å². The molecule has 1 amide bonds. The highest BCUT2D eigenvalue weighted by Gasteiger charge is 2.53. The average molecular weight is 435 g/mol. The first-order valence-electron chi connectivity index (χ1n) is 11.2. The van der Waals surface area contributed by atoms with E-state index in [0.717, 1.165) is 39.3 Å². The van der Waals surface area contributed by atoms with E-state index in [1.165, 1.54) is 10.1 Å². The molecule has 7 heteroatoms. The minimum Gasteiger partial charge on any atom is -0.408 e. The molecule has 0 aliphatic carbocycles. The van der Waals surface area contributed by atoms with Crippen LogP contribution in [0.25, 0.3) is 11.1 Å². The summed E-state index contributed by atoms with van der Waals surface area (Å²) in [4.78, 5) is 32.3. The van der Waals surface area contributed by atoms with Gasteiger partial charge < -0.3 is 14.2 Å². The summed E-state index contributed by atoms with van der Waals surface area (Å²) in [5.74, 6) is -0.0628. The molecular weight excluding hydrogens is 404 g/mol. The fourth-order valence-electron chi connectivity index (χ4n) is 5.70. The molecule has 0 saturated carbocycles. The number of carbonyl (C=O) groups is 1. The van der Waals surface area contributed by atoms with Gasteiger partial charge in [-0.3, -0.25) is 14.3 Å². The van der Waals surface area contributed by atoms with Gasteiger partial charge in [-0.15, -0.1) is 0 Å². The standard InChI is InChI=1S/C25H30N4O3/c1-26(2)16-25-17-27(12-19-8-4-3-5-9-19)13-20(25)14-28(18-25)23(30)15-29-21-10-6-7-11-22(21)32-24(29)31/h3-11,20H,12-18H2,1-2H3/t20-,25+/m1/s1. The van der Waals surface area contributed by atoms with Crippen LogP contribution in [0.2, 0.25) is 0 Å². The number of oxazole rings is 1. The number of carbonyl (C=O) groups excluding carboxylic acids is 1. The van der Waals surface area contributed by atoms with Crippen molar-refractivity contribution in [2.45, 2.75) is 13.1 Å². The van der Waals surface area contributed by atoms with Gasteiger partial charge >= 0.3 is 5.76 Å². The highest BCUT2D eigenvalue weighted by atomic mass is 16.4. The number of likely N-dealkylation sites (tertiary alicyclic amines) is 2. The molecule has 32 heavy (non-hydrogen) atoms. The summed E-state index contributed by atoms with van der Waals surface area (Å²) in [5.41, 5.74) is 2.57. The first-order valence-corrected chi connectivity index (χ1v) is 11.2. The Morgan fingerprint density at radius 2 is 1.81 bits per heavy atom. The predicted octanol–water partition coefficient (Wildman–Crippen LogP) is 2.12. The van der Waals surface area contributed by atoms with Crippen LogP contribution in [-0.2, 0) is 17.9 Å². The quantitative estimate of drug-likeness (QED) is 0.595. The summed E-state index contributed by atoms with van der Waals surface area (Å²) < 4.78 is 6.75. The van der Waals surface area contributed by atoms with Gasteiger partial charge in [0.1, 0.15) is 6.54 Å². The number of rotatable bonds is 6. The zero-order chi connectivity index (χ0) is 22.3. The fourth-order valence-corrected chi connectivity index (χ4v) is 5.70. The first-order chi connectivity index (χ1) is 15.4. The maximum absolute atomic E-state index is 13.2. The lowest BCUT2D eigenvalue weighted by Gasteiger charge is -2.32. The first kappa shape index (κ1) is 21.0. The highest BCUT2D eigenvalue weighted by Crippen LogP contribution is 2.43. The Hall–Kier alpha value is -2.90. The van der Waals surface area contributed by atoms with Gasteiger partial charge in [0.2, 0.25) is 5.91 Å². The van der Waals surface area contributed by atoms with Crippen LogP contribution in [0.4, 0.5) is 0 Å². The molecule has 3 heterocycles. The molecule has 2 aromatic carbocycles. The Kier molecular flexibility index (Phi) is 5.39. The topological polar surface area (TPSA) is 61.9 Å². The molecule has 0 radical (unpaired) electrons. The van der Waals surface area contributed by atoms with Crippen LogP contribution in [0.5, 0.6) is 0 Å². The molecule has 2 aliphatic rings. The molecule has 2 aliphatic heterocycles. The van der Waals surface area contributed by atoms with E-state index in [9.17, 15) is 9.59 Å². The van der Waals surface area contributed by atoms with Crippen molar-refractivity contribution in [3.63, 3.8) is 0 Å². The van der Waals surface area contributed by atoms with E-state index in [1.54, 1.807) is 6.07 Å². The summed E-state index contributed by atoms with van der Waals surface area (Å²) in [6, 6.07) is 17.8. The molecule has 2 fully saturated rings. The van der Waals surface area contributed by atoms with Crippen molar-refractivity contribution in [2.24, 2.45) is 11.3 Å². The van der Waals surface area contributed by atoms with Crippen molar-refractivity contribution in [3.8, 4) is 0 Å². The number of hydrogen-bond acceptors (Lipinski definition) is 5. The second-order valence-electron chi connectivity index (χ2n) is 9.65. The molecule has 2 atom stereocenters. The number of fused-ring (bicyclic) bond motifs is 2. The minimum atomic E-state index is -0.476. The van der Waals surface area contributed by atoms with Crippen LogP contribution in [0.3, 0.4) is 0 Å². The lowest BCUT2D eigenvalue weighted by molar-refractivity contribution is -0.131. The Morgan fingerprint density at radius 1 is 1.06 bits per heavy atom. The zero-order valence-electron chi connectivity index (χ0n) is 18.7. The number of para-hydroxylation sites is 2. The molecular formula is C25H30N4O3. The molecule has 5 rings (SSSR count). The Bertz CT molecular complexity index is 1170. The summed E-state index contributed by atoms with van der Waals surface area (Å²) in [6.07, 6.45) is 0. The Morgan fingerprint density at radius 3 is 2.59 bits per heavy atom. The molecule has 168 valence electrons. The maximum Gasteiger partial charge on any atom is 0.420 e. The van der Waals surface area contributed by atoms with Crippen LogP contribution in [-0.4, -0.2) is 72.0 Å². The van der Waals surface area contributed by atoms with Gasteiger partial charge in [-0.05, 0) is 37.7 Å². The number of hydrogen-bond donors (Lipinski definition) is 0. The smallest absolute Gasteiger partial charge is 0.408 e. The SMILES string of the molecule is CN(C)C[C@@]12CN(Cc3ccccc3)C[C@@H]1CN(C(=O)Cn1c(=O)oc3ccccc31)C2. The molecule has 0 N–H and O–H groups in total. The Labute approximate surface area is 187 Å². The molecule has 0 bridgehead atoms. The van der Waals surface area contributed by atoms with Crippen LogP contribution in [0.15, 0.2) is 63.8 Å². The molecule has 7 nitrogen and oxygen atoms in total. The third kappa shape index (κ3) is 3.87. The van der Waals surface area contributed by atoms with Gasteiger partial charge in [0.05, 0.1) is 5.52 Å². The fraction of sp³-hybridized carbons (Fsp3) is 0.440. The molecule has 0 unspecified atom stereocenters. The predicted molar refractivity (Wildman–Crippen MR) is 123 cm³/mol. The summed E-state index contributed by atoms with van der Waals surface area (Å²) in [5, 5.41) is 0. The van der Waals surface area contributed by atoms with Crippen LogP contribution in [0, 0.1) is 11.3 Å². The monoisotopic (exact) mass is 434 g/mol. The van der Waals surface area contributed by atoms with Crippen molar-refractivity contribution < 1.29 is 9.21 Å². The van der Waals surface area contributed by atoms with E-state index in [2.05, 4.69) is 48.2 Å². The van der Waals surface area contributed by atoms with Crippen LogP contribution < -0.4 is 5.76 Å². The third-order valence-corrected chi connectivity index (χ3v) is 6.93. The molecule has 2 saturated heterocycles. The van der Waals surface area contributed by atoms with Gasteiger partial charge in [-0.2, -0.15) is 0 Å². The second-order valence-corrected chi connectivity index (χ2v) is 9.65. The van der Waals surface area contributed by atoms with E-state index >= 15 is 0 Å². The van der Waals surface area contributed by atoms with Gasteiger partial charge in [-0.1, -0.05) is 42.5 Å². The maximum atomic E-state index is 13.2. The summed E-state index contributed by atoms with van der Waals surface area (Å²) in [7, 11) is 4.21.